The van der Waals surface area contributed by atoms with Gasteiger partial charge in [0.15, 0.2) is 0 Å². The van der Waals surface area contributed by atoms with Crippen molar-refractivity contribution in [2.24, 2.45) is 50.7 Å². The third kappa shape index (κ3) is 2.21. The van der Waals surface area contributed by atoms with Crippen LogP contribution in [0.15, 0.2) is 12.2 Å². The van der Waals surface area contributed by atoms with Gasteiger partial charge < -0.3 is 4.74 Å². The van der Waals surface area contributed by atoms with Gasteiger partial charge in [-0.05, 0) is 104 Å². The summed E-state index contributed by atoms with van der Waals surface area (Å²) in [5.74, 6) is 2.54. The van der Waals surface area contributed by atoms with E-state index in [0.29, 0.717) is 29.5 Å². The van der Waals surface area contributed by atoms with Crippen molar-refractivity contribution >= 4 is 11.8 Å². The van der Waals surface area contributed by atoms with E-state index in [9.17, 15) is 9.59 Å². The molecule has 1 aliphatic heterocycles. The number of hydrogen-bond donors (Lipinski definition) is 0. The highest BCUT2D eigenvalue weighted by Crippen LogP contribution is 2.79. The fraction of sp³-hybridized carbons (Fsp3) is 0.867. The standard InChI is InChI=1S/C30H44O3/c1-18(2)30-17-16-29(24(32)33-30)15-14-27(6)19(23(29)30)8-9-21-26(5)12-11-22(31)25(3,4)20(26)10-13-28(21,27)7/h19-21,23H,1,8-17H2,2-7H3. The molecule has 6 aliphatic rings. The lowest BCUT2D eigenvalue weighted by atomic mass is 9.32. The van der Waals surface area contributed by atoms with Gasteiger partial charge in [-0.3, -0.25) is 9.59 Å². The lowest BCUT2D eigenvalue weighted by Gasteiger charge is -2.71. The molecule has 33 heavy (non-hydrogen) atoms. The normalized spacial score (nSPS) is 56.3. The first-order valence-corrected chi connectivity index (χ1v) is 13.7. The Labute approximate surface area is 200 Å². The van der Waals surface area contributed by atoms with Gasteiger partial charge in [-0.2, -0.15) is 0 Å². The maximum absolute atomic E-state index is 13.3. The number of fused-ring (bicyclic) bond motifs is 5. The number of ether oxygens (including phenoxy) is 1. The summed E-state index contributed by atoms with van der Waals surface area (Å²) in [6.45, 7) is 18.7. The van der Waals surface area contributed by atoms with Crippen LogP contribution in [0.4, 0.5) is 0 Å². The number of Topliss-reactive ketones (excluding diaryl/α,β-unsaturated/α-hetero) is 1. The lowest BCUT2D eigenvalue weighted by Crippen LogP contribution is -2.66. The molecular weight excluding hydrogens is 408 g/mol. The smallest absolute Gasteiger partial charge is 0.313 e. The highest BCUT2D eigenvalue weighted by atomic mass is 16.6. The number of hydrogen-bond acceptors (Lipinski definition) is 3. The average molecular weight is 453 g/mol. The third-order valence-corrected chi connectivity index (χ3v) is 13.6. The van der Waals surface area contributed by atoms with E-state index in [4.69, 9.17) is 4.74 Å². The van der Waals surface area contributed by atoms with Crippen LogP contribution in [0.5, 0.6) is 0 Å². The predicted octanol–water partition coefficient (Wildman–Crippen LogP) is 6.89. The summed E-state index contributed by atoms with van der Waals surface area (Å²) in [7, 11) is 0. The average Bonchev–Trinajstić information content (AvgIpc) is 3.21. The van der Waals surface area contributed by atoms with Crippen LogP contribution >= 0.6 is 0 Å². The topological polar surface area (TPSA) is 43.4 Å². The molecule has 0 aromatic carbocycles. The Balaban J connectivity index is 1.43. The molecule has 2 bridgehead atoms. The molecule has 6 rings (SSSR count). The monoisotopic (exact) mass is 452 g/mol. The van der Waals surface area contributed by atoms with E-state index in [1.807, 2.05) is 0 Å². The Morgan fingerprint density at radius 3 is 2.21 bits per heavy atom. The minimum Gasteiger partial charge on any atom is -0.454 e. The molecule has 0 N–H and O–H groups in total. The molecule has 5 aliphatic carbocycles. The zero-order valence-electron chi connectivity index (χ0n) is 21.8. The zero-order valence-corrected chi connectivity index (χ0v) is 21.8. The summed E-state index contributed by atoms with van der Waals surface area (Å²) in [4.78, 5) is 26.2. The number of carbonyl (C=O) groups is 2. The second kappa shape index (κ2) is 6.16. The molecule has 1 heterocycles. The molecule has 182 valence electrons. The van der Waals surface area contributed by atoms with Gasteiger partial charge in [0, 0.05) is 17.8 Å². The van der Waals surface area contributed by atoms with Crippen molar-refractivity contribution in [1.82, 2.24) is 0 Å². The van der Waals surface area contributed by atoms with Crippen LogP contribution in [0.3, 0.4) is 0 Å². The van der Waals surface area contributed by atoms with Crippen molar-refractivity contribution in [1.29, 1.82) is 0 Å². The fourth-order valence-corrected chi connectivity index (χ4v) is 11.7. The van der Waals surface area contributed by atoms with Gasteiger partial charge in [-0.15, -0.1) is 0 Å². The first-order chi connectivity index (χ1) is 15.3. The molecule has 0 amide bonds. The van der Waals surface area contributed by atoms with Crippen LogP contribution in [0, 0.1) is 50.7 Å². The maximum Gasteiger partial charge on any atom is 0.313 e. The van der Waals surface area contributed by atoms with E-state index < -0.39 is 5.60 Å². The van der Waals surface area contributed by atoms with Crippen molar-refractivity contribution in [3.05, 3.63) is 12.2 Å². The molecule has 9 atom stereocenters. The number of esters is 1. The highest BCUT2D eigenvalue weighted by molar-refractivity contribution is 5.85. The molecule has 5 saturated carbocycles. The summed E-state index contributed by atoms with van der Waals surface area (Å²) >= 11 is 0. The van der Waals surface area contributed by atoms with Gasteiger partial charge in [0.2, 0.25) is 0 Å². The Bertz CT molecular complexity index is 964. The molecule has 0 aromatic rings. The molecule has 6 fully saturated rings. The lowest BCUT2D eigenvalue weighted by molar-refractivity contribution is -0.230. The molecule has 0 radical (unpaired) electrons. The van der Waals surface area contributed by atoms with E-state index >= 15 is 0 Å². The quantitative estimate of drug-likeness (QED) is 0.321. The zero-order chi connectivity index (χ0) is 23.8. The van der Waals surface area contributed by atoms with Gasteiger partial charge in [-0.25, -0.2) is 0 Å². The number of ketones is 1. The number of rotatable bonds is 1. The van der Waals surface area contributed by atoms with E-state index in [2.05, 4.69) is 48.1 Å². The largest absolute Gasteiger partial charge is 0.454 e. The van der Waals surface area contributed by atoms with Gasteiger partial charge in [0.05, 0.1) is 5.41 Å². The van der Waals surface area contributed by atoms with Gasteiger partial charge >= 0.3 is 5.97 Å². The van der Waals surface area contributed by atoms with Crippen molar-refractivity contribution in [3.63, 3.8) is 0 Å². The van der Waals surface area contributed by atoms with Crippen LogP contribution in [0.25, 0.3) is 0 Å². The second-order valence-electron chi connectivity index (χ2n) is 14.5. The predicted molar refractivity (Wildman–Crippen MR) is 129 cm³/mol. The van der Waals surface area contributed by atoms with E-state index in [0.717, 1.165) is 44.1 Å². The first-order valence-electron chi connectivity index (χ1n) is 13.7. The molecule has 9 unspecified atom stereocenters. The van der Waals surface area contributed by atoms with E-state index in [1.165, 1.54) is 25.7 Å². The Morgan fingerprint density at radius 2 is 1.55 bits per heavy atom. The molecule has 3 nitrogen and oxygen atoms in total. The van der Waals surface area contributed by atoms with Crippen molar-refractivity contribution in [2.75, 3.05) is 0 Å². The maximum atomic E-state index is 13.3. The molecule has 0 spiro atoms. The van der Waals surface area contributed by atoms with E-state index in [-0.39, 0.29) is 33.0 Å². The minimum atomic E-state index is -0.424. The van der Waals surface area contributed by atoms with E-state index in [1.54, 1.807) is 0 Å². The summed E-state index contributed by atoms with van der Waals surface area (Å²) in [6, 6.07) is 0. The fourth-order valence-electron chi connectivity index (χ4n) is 11.7. The summed E-state index contributed by atoms with van der Waals surface area (Å²) in [5, 5.41) is 0. The molecule has 1 saturated heterocycles. The van der Waals surface area contributed by atoms with Crippen LogP contribution in [0.1, 0.15) is 106 Å². The summed E-state index contributed by atoms with van der Waals surface area (Å²) in [6.07, 6.45) is 10.7. The summed E-state index contributed by atoms with van der Waals surface area (Å²) in [5.41, 5.74) is 0.890. The number of carbonyl (C=O) groups excluding carboxylic acids is 2. The SMILES string of the molecule is C=C(C)C12CCC3(CCC4(C)C(CCC5C6(C)CCC(=O)C(C)(C)C6CCC54C)C31)C(=O)O2. The van der Waals surface area contributed by atoms with Crippen molar-refractivity contribution < 1.29 is 14.3 Å². The second-order valence-corrected chi connectivity index (χ2v) is 14.5. The Kier molecular flexibility index (Phi) is 4.17. The van der Waals surface area contributed by atoms with Crippen LogP contribution in [0.2, 0.25) is 0 Å². The third-order valence-electron chi connectivity index (χ3n) is 13.6. The minimum absolute atomic E-state index is 0.0827. The van der Waals surface area contributed by atoms with Crippen molar-refractivity contribution in [2.45, 2.75) is 111 Å². The summed E-state index contributed by atoms with van der Waals surface area (Å²) < 4.78 is 6.28. The molecule has 3 heteroatoms. The highest BCUT2D eigenvalue weighted by Gasteiger charge is 2.78. The van der Waals surface area contributed by atoms with Crippen LogP contribution in [-0.2, 0) is 14.3 Å². The molecular formula is C30H44O3. The van der Waals surface area contributed by atoms with Crippen LogP contribution < -0.4 is 0 Å². The van der Waals surface area contributed by atoms with Crippen LogP contribution in [-0.4, -0.2) is 17.4 Å². The Hall–Kier alpha value is -1.12. The van der Waals surface area contributed by atoms with Gasteiger partial charge in [0.25, 0.3) is 0 Å². The van der Waals surface area contributed by atoms with Gasteiger partial charge in [0.1, 0.15) is 11.4 Å². The first kappa shape index (κ1) is 22.4. The Morgan fingerprint density at radius 1 is 0.848 bits per heavy atom. The van der Waals surface area contributed by atoms with Gasteiger partial charge in [-0.1, -0.05) is 41.2 Å². The molecule has 0 aromatic heterocycles. The van der Waals surface area contributed by atoms with Crippen molar-refractivity contribution in [3.8, 4) is 0 Å².